The van der Waals surface area contributed by atoms with Crippen molar-refractivity contribution in [1.29, 1.82) is 0 Å². The second-order valence-corrected chi connectivity index (χ2v) is 16.8. The lowest BCUT2D eigenvalue weighted by molar-refractivity contribution is -0.218. The van der Waals surface area contributed by atoms with Crippen molar-refractivity contribution in [3.05, 3.63) is 65.8 Å². The van der Waals surface area contributed by atoms with Gasteiger partial charge in [0.15, 0.2) is 0 Å². The van der Waals surface area contributed by atoms with Gasteiger partial charge in [-0.3, -0.25) is 5.10 Å². The Labute approximate surface area is 264 Å². The van der Waals surface area contributed by atoms with Crippen LogP contribution in [0.4, 0.5) is 0 Å². The molecule has 4 fully saturated rings. The van der Waals surface area contributed by atoms with E-state index in [1.54, 1.807) is 6.33 Å². The highest BCUT2D eigenvalue weighted by Gasteiger charge is 2.71. The minimum atomic E-state index is -0.273. The molecule has 7 rings (SSSR count). The maximum absolute atomic E-state index is 12.1. The molecule has 5 nitrogen and oxygen atoms in total. The molecule has 0 unspecified atom stereocenters. The number of rotatable bonds is 4. The first kappa shape index (κ1) is 30.0. The van der Waals surface area contributed by atoms with Gasteiger partial charge in [-0.1, -0.05) is 65.0 Å². The van der Waals surface area contributed by atoms with E-state index in [-0.39, 0.29) is 22.2 Å². The van der Waals surface area contributed by atoms with Gasteiger partial charge in [0.1, 0.15) is 12.2 Å². The van der Waals surface area contributed by atoms with Crippen LogP contribution in [-0.4, -0.2) is 28.3 Å². The highest BCUT2D eigenvalue weighted by atomic mass is 16.5. The maximum Gasteiger partial charge on any atom is 0.337 e. The van der Waals surface area contributed by atoms with Crippen molar-refractivity contribution in [2.24, 2.45) is 51.2 Å². The maximum atomic E-state index is 12.1. The monoisotopic (exact) mass is 595 g/mol. The Kier molecular flexibility index (Phi) is 6.75. The second-order valence-electron chi connectivity index (χ2n) is 16.8. The van der Waals surface area contributed by atoms with Crippen molar-refractivity contribution in [1.82, 2.24) is 15.2 Å². The number of methoxy groups -OCH3 is 1. The van der Waals surface area contributed by atoms with Crippen LogP contribution in [0.25, 0.3) is 5.57 Å². The van der Waals surface area contributed by atoms with E-state index in [2.05, 4.69) is 76.5 Å². The van der Waals surface area contributed by atoms with Crippen molar-refractivity contribution in [3.8, 4) is 0 Å². The summed E-state index contributed by atoms with van der Waals surface area (Å²) in [5.41, 5.74) is 5.73. The quantitative estimate of drug-likeness (QED) is 0.283. The standard InChI is InChI=1S/C39H53N3O2/c1-24(2)27-15-20-39(34-40-23-41-42-34)22-21-37(6)29(32(27)39)13-14-31-36(5)18-16-28(25-9-11-26(12-10-25)33(43)44-8)35(3,4)30(36)17-19-38(31,37)7/h9-12,16,23,27,29-32H,1,13-15,17-22H2,2-8H3,(H,40,41,42)/t27-,29+,30-,31+,32+,36-,37+,38+,39-/m0/s1. The normalized spacial score (nSPS) is 42.2. The van der Waals surface area contributed by atoms with Gasteiger partial charge < -0.3 is 4.74 Å². The fourth-order valence-electron chi connectivity index (χ4n) is 13.0. The fourth-order valence-corrected chi connectivity index (χ4v) is 13.0. The van der Waals surface area contributed by atoms with Crippen LogP contribution in [-0.2, 0) is 10.2 Å². The van der Waals surface area contributed by atoms with Crippen molar-refractivity contribution in [2.75, 3.05) is 7.11 Å². The number of fused-ring (bicyclic) bond motifs is 7. The van der Waals surface area contributed by atoms with Crippen LogP contribution in [0.2, 0.25) is 0 Å². The zero-order valence-corrected chi connectivity index (χ0v) is 28.1. The lowest BCUT2D eigenvalue weighted by Crippen LogP contribution is -2.65. The Bertz CT molecular complexity index is 1490. The number of nitrogens with zero attached hydrogens (tertiary/aromatic N) is 2. The number of hydrogen-bond donors (Lipinski definition) is 1. The minimum absolute atomic E-state index is 0.0589. The zero-order chi connectivity index (χ0) is 31.3. The van der Waals surface area contributed by atoms with Crippen LogP contribution in [0, 0.1) is 51.2 Å². The zero-order valence-electron chi connectivity index (χ0n) is 28.1. The van der Waals surface area contributed by atoms with Crippen LogP contribution in [0.1, 0.15) is 121 Å². The Hall–Kier alpha value is -2.69. The Balaban J connectivity index is 1.24. The molecule has 0 amide bonds. The molecular weight excluding hydrogens is 542 g/mol. The summed E-state index contributed by atoms with van der Waals surface area (Å²) >= 11 is 0. The van der Waals surface area contributed by atoms with Gasteiger partial charge in [0.2, 0.25) is 0 Å². The number of allylic oxidation sites excluding steroid dienone is 3. The third-order valence-corrected chi connectivity index (χ3v) is 15.1. The van der Waals surface area contributed by atoms with Gasteiger partial charge in [0.05, 0.1) is 12.7 Å². The first-order valence-corrected chi connectivity index (χ1v) is 17.2. The van der Waals surface area contributed by atoms with Gasteiger partial charge in [-0.2, -0.15) is 5.10 Å². The number of nitrogens with one attached hydrogen (secondary N) is 1. The summed E-state index contributed by atoms with van der Waals surface area (Å²) in [4.78, 5) is 16.9. The molecule has 9 atom stereocenters. The molecule has 1 N–H and O–H groups in total. The first-order chi connectivity index (χ1) is 20.8. The van der Waals surface area contributed by atoms with Crippen LogP contribution < -0.4 is 0 Å². The van der Waals surface area contributed by atoms with Gasteiger partial charge in [0, 0.05) is 5.41 Å². The number of aromatic amines is 1. The molecule has 5 heteroatoms. The Morgan fingerprint density at radius 1 is 0.932 bits per heavy atom. The van der Waals surface area contributed by atoms with Crippen molar-refractivity contribution >= 4 is 11.5 Å². The molecule has 5 aliphatic rings. The lowest BCUT2D eigenvalue weighted by atomic mass is 9.32. The summed E-state index contributed by atoms with van der Waals surface area (Å²) < 4.78 is 4.95. The molecule has 0 spiro atoms. The van der Waals surface area contributed by atoms with Crippen LogP contribution >= 0.6 is 0 Å². The summed E-state index contributed by atoms with van der Waals surface area (Å²) in [6.07, 6.45) is 15.6. The molecule has 2 aromatic rings. The predicted octanol–water partition coefficient (Wildman–Crippen LogP) is 9.19. The third-order valence-electron chi connectivity index (χ3n) is 15.1. The molecule has 5 aliphatic carbocycles. The van der Waals surface area contributed by atoms with E-state index in [4.69, 9.17) is 9.72 Å². The Morgan fingerprint density at radius 3 is 2.34 bits per heavy atom. The number of benzene rings is 1. The number of carbonyl (C=O) groups excluding carboxylic acids is 1. The number of esters is 1. The topological polar surface area (TPSA) is 67.9 Å². The number of hydrogen-bond acceptors (Lipinski definition) is 4. The summed E-state index contributed by atoms with van der Waals surface area (Å²) in [6.45, 7) is 19.9. The molecule has 0 bridgehead atoms. The van der Waals surface area contributed by atoms with Crippen molar-refractivity contribution < 1.29 is 9.53 Å². The highest BCUT2D eigenvalue weighted by molar-refractivity contribution is 5.89. The minimum Gasteiger partial charge on any atom is -0.465 e. The third kappa shape index (κ3) is 3.79. The summed E-state index contributed by atoms with van der Waals surface area (Å²) in [6, 6.07) is 8.11. The van der Waals surface area contributed by atoms with Crippen LogP contribution in [0.3, 0.4) is 0 Å². The van der Waals surface area contributed by atoms with Crippen LogP contribution in [0.5, 0.6) is 0 Å². The van der Waals surface area contributed by atoms with E-state index in [1.807, 2.05) is 12.1 Å². The van der Waals surface area contributed by atoms with Crippen LogP contribution in [0.15, 0.2) is 48.8 Å². The number of aromatic nitrogens is 3. The van der Waals surface area contributed by atoms with E-state index in [0.29, 0.717) is 46.0 Å². The van der Waals surface area contributed by atoms with Gasteiger partial charge >= 0.3 is 5.97 Å². The summed E-state index contributed by atoms with van der Waals surface area (Å²) in [7, 11) is 1.45. The van der Waals surface area contributed by atoms with E-state index in [0.717, 1.165) is 12.2 Å². The molecule has 0 radical (unpaired) electrons. The second kappa shape index (κ2) is 9.90. The molecule has 4 saturated carbocycles. The van der Waals surface area contributed by atoms with E-state index < -0.39 is 0 Å². The summed E-state index contributed by atoms with van der Waals surface area (Å²) in [5.74, 6) is 4.05. The lowest BCUT2D eigenvalue weighted by Gasteiger charge is -2.72. The van der Waals surface area contributed by atoms with E-state index in [9.17, 15) is 4.79 Å². The molecule has 1 aromatic heterocycles. The average molecular weight is 596 g/mol. The van der Waals surface area contributed by atoms with Gasteiger partial charge in [-0.15, -0.1) is 0 Å². The predicted molar refractivity (Wildman–Crippen MR) is 176 cm³/mol. The SMILES string of the molecule is C=C(C)[C@@H]1CC[C@]2(c3ncn[nH]3)CC[C@]3(C)[C@H](CC[C@@H]4[C@@]5(C)CC=C(c6ccc(C(=O)OC)cc6)C(C)(C)[C@@H]5CC[C@]43C)[C@@H]12. The average Bonchev–Trinajstić information content (AvgIpc) is 3.67. The fraction of sp³-hybridized carbons (Fsp3) is 0.667. The molecular formula is C39H53N3O2. The van der Waals surface area contributed by atoms with E-state index in [1.165, 1.54) is 75.2 Å². The number of carbonyl (C=O) groups is 1. The van der Waals surface area contributed by atoms with Gasteiger partial charge in [0.25, 0.3) is 0 Å². The molecule has 236 valence electrons. The molecule has 1 aromatic carbocycles. The smallest absolute Gasteiger partial charge is 0.337 e. The highest BCUT2D eigenvalue weighted by Crippen LogP contribution is 2.77. The summed E-state index contributed by atoms with van der Waals surface area (Å²) in [5, 5.41) is 7.71. The van der Waals surface area contributed by atoms with Gasteiger partial charge in [-0.25, -0.2) is 9.78 Å². The number of ether oxygens (including phenoxy) is 1. The molecule has 0 saturated heterocycles. The largest absolute Gasteiger partial charge is 0.465 e. The molecule has 0 aliphatic heterocycles. The van der Waals surface area contributed by atoms with E-state index >= 15 is 0 Å². The van der Waals surface area contributed by atoms with Gasteiger partial charge in [-0.05, 0) is 139 Å². The first-order valence-electron chi connectivity index (χ1n) is 17.2. The Morgan fingerprint density at radius 2 is 1.68 bits per heavy atom. The van der Waals surface area contributed by atoms with Crippen molar-refractivity contribution in [2.45, 2.75) is 105 Å². The van der Waals surface area contributed by atoms with Crippen molar-refractivity contribution in [3.63, 3.8) is 0 Å². The number of H-pyrrole nitrogens is 1. The molecule has 1 heterocycles. The molecule has 44 heavy (non-hydrogen) atoms.